The molecule has 0 saturated heterocycles. The van der Waals surface area contributed by atoms with Gasteiger partial charge in [0.15, 0.2) is 0 Å². The number of benzene rings is 1. The number of nitrogens with one attached hydrogen (secondary N) is 2. The number of halogens is 2. The van der Waals surface area contributed by atoms with Gasteiger partial charge in [0.25, 0.3) is 11.8 Å². The molecule has 1 aromatic carbocycles. The summed E-state index contributed by atoms with van der Waals surface area (Å²) in [4.78, 5) is 29.9. The van der Waals surface area contributed by atoms with Gasteiger partial charge in [-0.2, -0.15) is 0 Å². The highest BCUT2D eigenvalue weighted by Crippen LogP contribution is 2.52. The molecule has 248 valence electrons. The lowest BCUT2D eigenvalue weighted by atomic mass is 9.60. The van der Waals surface area contributed by atoms with Crippen molar-refractivity contribution >= 4 is 29.1 Å². The Hall–Kier alpha value is -3.29. The van der Waals surface area contributed by atoms with E-state index in [1.165, 1.54) is 35.3 Å². The van der Waals surface area contributed by atoms with E-state index in [0.29, 0.717) is 29.7 Å². The van der Waals surface area contributed by atoms with Crippen LogP contribution in [0.25, 0.3) is 0 Å². The average molecular weight is 650 g/mol. The van der Waals surface area contributed by atoms with Gasteiger partial charge in [0.2, 0.25) is 0 Å². The molecule has 1 aliphatic heterocycles. The van der Waals surface area contributed by atoms with Gasteiger partial charge in [-0.05, 0) is 110 Å². The molecular weight excluding hydrogens is 601 g/mol. The number of hydrogen-bond acceptors (Lipinski definition) is 4. The fourth-order valence-corrected chi connectivity index (χ4v) is 8.20. The Kier molecular flexibility index (Phi) is 12.4. The number of amides is 2. The van der Waals surface area contributed by atoms with Crippen molar-refractivity contribution in [1.29, 1.82) is 0 Å². The van der Waals surface area contributed by atoms with Crippen LogP contribution in [0.3, 0.4) is 0 Å². The smallest absolute Gasteiger partial charge is 0.268 e. The second-order valence-electron chi connectivity index (χ2n) is 13.5. The number of aliphatic imine (C=N–C) groups is 1. The highest BCUT2D eigenvalue weighted by molar-refractivity contribution is 6.31. The van der Waals surface area contributed by atoms with Crippen molar-refractivity contribution in [3.05, 3.63) is 94.0 Å². The lowest BCUT2D eigenvalue weighted by Gasteiger charge is -2.47. The minimum absolute atomic E-state index is 0.109. The van der Waals surface area contributed by atoms with E-state index in [9.17, 15) is 14.0 Å². The normalized spacial score (nSPS) is 28.3. The third-order valence-corrected chi connectivity index (χ3v) is 10.4. The molecule has 46 heavy (non-hydrogen) atoms. The van der Waals surface area contributed by atoms with E-state index in [2.05, 4.69) is 58.2 Å². The van der Waals surface area contributed by atoms with Crippen molar-refractivity contribution in [2.45, 2.75) is 91.5 Å². The first-order chi connectivity index (χ1) is 22.0. The van der Waals surface area contributed by atoms with Gasteiger partial charge < -0.3 is 5.32 Å². The number of unbranched alkanes of at least 4 members (excludes halogenated alkanes) is 1. The zero-order valence-corrected chi connectivity index (χ0v) is 28.5. The Morgan fingerprint density at radius 1 is 1.17 bits per heavy atom. The van der Waals surface area contributed by atoms with E-state index in [4.69, 9.17) is 21.8 Å². The molecule has 3 N–H and O–H groups in total. The van der Waals surface area contributed by atoms with Gasteiger partial charge in [-0.15, -0.1) is 0 Å². The SMILES string of the molecule is CC=C1CC(C(CCCC)C2=CCC=C(C(=O)N/C=C/C(=O)NO)C=C2)C(C)C2(CC(C)CC(C)C2)N=C1c1ccc(F)c(Cl)c1. The van der Waals surface area contributed by atoms with Gasteiger partial charge in [0.1, 0.15) is 5.82 Å². The monoisotopic (exact) mass is 649 g/mol. The van der Waals surface area contributed by atoms with Gasteiger partial charge in [-0.25, -0.2) is 9.87 Å². The van der Waals surface area contributed by atoms with Crippen LogP contribution in [-0.2, 0) is 9.59 Å². The van der Waals surface area contributed by atoms with Gasteiger partial charge in [-0.1, -0.05) is 76.4 Å². The Balaban J connectivity index is 1.74. The number of hydroxylamine groups is 1. The van der Waals surface area contributed by atoms with Crippen LogP contribution < -0.4 is 10.8 Å². The third-order valence-electron chi connectivity index (χ3n) is 10.1. The van der Waals surface area contributed by atoms with E-state index < -0.39 is 11.7 Å². The molecular formula is C38H49ClFN3O3. The molecule has 0 aromatic heterocycles. The van der Waals surface area contributed by atoms with Crippen LogP contribution >= 0.6 is 11.6 Å². The lowest BCUT2D eigenvalue weighted by Crippen LogP contribution is -2.46. The van der Waals surface area contributed by atoms with Crippen LogP contribution in [-0.4, -0.2) is 28.3 Å². The standard InChI is InChI=1S/C38H49ClFN3O3/c1-6-8-12-31(28-10-9-11-29(14-13-28)37(45)41-18-17-35(44)43-46)32-20-27(7-2)36(30-15-16-34(40)33(39)21-30)42-38(26(32)5)22-24(3)19-25(4)23-38/h7,10-11,13-18,21,24-26,31-32,46H,6,8-9,12,19-20,22-23H2,1-5H3,(H,41,45)(H,43,44)/b18-17+,27-7?. The molecule has 2 aliphatic carbocycles. The molecule has 8 heteroatoms. The van der Waals surface area contributed by atoms with Crippen LogP contribution in [0.15, 0.2) is 82.6 Å². The van der Waals surface area contributed by atoms with Crippen molar-refractivity contribution < 1.29 is 19.2 Å². The van der Waals surface area contributed by atoms with Crippen molar-refractivity contribution in [3.63, 3.8) is 0 Å². The van der Waals surface area contributed by atoms with Crippen molar-refractivity contribution in [2.75, 3.05) is 0 Å². The molecule has 1 aromatic rings. The fraction of sp³-hybridized carbons (Fsp3) is 0.500. The Morgan fingerprint density at radius 3 is 2.57 bits per heavy atom. The van der Waals surface area contributed by atoms with Crippen LogP contribution in [0, 0.1) is 35.4 Å². The highest BCUT2D eigenvalue weighted by atomic mass is 35.5. The van der Waals surface area contributed by atoms with Crippen LogP contribution in [0.1, 0.15) is 91.5 Å². The summed E-state index contributed by atoms with van der Waals surface area (Å²) in [5.74, 6) is 0.420. The topological polar surface area (TPSA) is 90.8 Å². The molecule has 2 amide bonds. The van der Waals surface area contributed by atoms with Gasteiger partial charge in [0.05, 0.1) is 16.3 Å². The van der Waals surface area contributed by atoms with Gasteiger partial charge in [0, 0.05) is 23.4 Å². The molecule has 0 radical (unpaired) electrons. The Labute approximate surface area is 278 Å². The van der Waals surface area contributed by atoms with Gasteiger partial charge in [-0.3, -0.25) is 19.8 Å². The molecule has 1 fully saturated rings. The minimum Gasteiger partial charge on any atom is -0.328 e. The maximum absolute atomic E-state index is 14.3. The summed E-state index contributed by atoms with van der Waals surface area (Å²) in [6.07, 6.45) is 20.4. The average Bonchev–Trinajstić information content (AvgIpc) is 3.33. The first kappa shape index (κ1) is 35.6. The molecule has 0 bridgehead atoms. The van der Waals surface area contributed by atoms with Crippen LogP contribution in [0.2, 0.25) is 5.02 Å². The van der Waals surface area contributed by atoms with Crippen molar-refractivity contribution in [2.24, 2.45) is 34.6 Å². The summed E-state index contributed by atoms with van der Waals surface area (Å²) >= 11 is 6.32. The number of carbonyl (C=O) groups excluding carboxylic acids is 2. The number of nitrogens with zero attached hydrogens (tertiary/aromatic N) is 1. The fourth-order valence-electron chi connectivity index (χ4n) is 8.02. The van der Waals surface area contributed by atoms with Crippen LogP contribution in [0.4, 0.5) is 4.39 Å². The number of carbonyl (C=O) groups is 2. The minimum atomic E-state index is -0.722. The number of hydrogen-bond donors (Lipinski definition) is 3. The molecule has 6 nitrogen and oxygen atoms in total. The van der Waals surface area contributed by atoms with Crippen LogP contribution in [0.5, 0.6) is 0 Å². The molecule has 1 saturated carbocycles. The summed E-state index contributed by atoms with van der Waals surface area (Å²) in [7, 11) is 0. The summed E-state index contributed by atoms with van der Waals surface area (Å²) in [5.41, 5.74) is 5.95. The second kappa shape index (κ2) is 16.0. The summed E-state index contributed by atoms with van der Waals surface area (Å²) < 4.78 is 14.3. The van der Waals surface area contributed by atoms with Gasteiger partial charge >= 0.3 is 0 Å². The molecule has 1 spiro atoms. The summed E-state index contributed by atoms with van der Waals surface area (Å²) in [6.45, 7) is 11.4. The Morgan fingerprint density at radius 2 is 1.91 bits per heavy atom. The van der Waals surface area contributed by atoms with E-state index in [1.54, 1.807) is 6.07 Å². The Bertz CT molecular complexity index is 1460. The summed E-state index contributed by atoms with van der Waals surface area (Å²) in [6, 6.07) is 4.98. The lowest BCUT2D eigenvalue weighted by molar-refractivity contribution is -0.124. The third kappa shape index (κ3) is 8.34. The first-order valence-electron chi connectivity index (χ1n) is 16.7. The van der Waals surface area contributed by atoms with E-state index in [1.807, 2.05) is 18.2 Å². The first-order valence-corrected chi connectivity index (χ1v) is 17.1. The van der Waals surface area contributed by atoms with E-state index in [0.717, 1.165) is 55.9 Å². The van der Waals surface area contributed by atoms with E-state index in [-0.39, 0.29) is 28.3 Å². The highest BCUT2D eigenvalue weighted by Gasteiger charge is 2.49. The quantitative estimate of drug-likeness (QED) is 0.142. The zero-order valence-electron chi connectivity index (χ0n) is 27.8. The van der Waals surface area contributed by atoms with Crippen molar-refractivity contribution in [3.8, 4) is 0 Å². The largest absolute Gasteiger partial charge is 0.328 e. The maximum Gasteiger partial charge on any atom is 0.268 e. The second-order valence-corrected chi connectivity index (χ2v) is 13.9. The number of allylic oxidation sites excluding steroid dienone is 6. The molecule has 3 aliphatic rings. The predicted octanol–water partition coefficient (Wildman–Crippen LogP) is 8.82. The zero-order chi connectivity index (χ0) is 33.4. The van der Waals surface area contributed by atoms with E-state index >= 15 is 0 Å². The molecule has 5 unspecified atom stereocenters. The predicted molar refractivity (Wildman–Crippen MR) is 184 cm³/mol. The molecule has 5 atom stereocenters. The molecule has 1 heterocycles. The number of rotatable bonds is 9. The van der Waals surface area contributed by atoms with Crippen molar-refractivity contribution in [1.82, 2.24) is 10.8 Å². The summed E-state index contributed by atoms with van der Waals surface area (Å²) in [5, 5.41) is 11.4. The molecule has 4 rings (SSSR count). The maximum atomic E-state index is 14.3.